The Morgan fingerprint density at radius 2 is 2.00 bits per heavy atom. The molecule has 0 spiro atoms. The van der Waals surface area contributed by atoms with Crippen LogP contribution >= 0.6 is 0 Å². The van der Waals surface area contributed by atoms with Crippen LogP contribution in [0.2, 0.25) is 0 Å². The number of amides is 1. The van der Waals surface area contributed by atoms with Crippen molar-refractivity contribution in [2.75, 3.05) is 13.1 Å². The first-order valence-electron chi connectivity index (χ1n) is 7.13. The summed E-state index contributed by atoms with van der Waals surface area (Å²) in [5.74, 6) is -0.880. The van der Waals surface area contributed by atoms with Crippen LogP contribution in [0.4, 0.5) is 0 Å². The van der Waals surface area contributed by atoms with E-state index in [1.165, 1.54) is 11.8 Å². The highest BCUT2D eigenvalue weighted by Crippen LogP contribution is 2.16. The number of ether oxygens (including phenoxy) is 1. The Morgan fingerprint density at radius 3 is 2.55 bits per heavy atom. The summed E-state index contributed by atoms with van der Waals surface area (Å²) < 4.78 is 5.57. The van der Waals surface area contributed by atoms with E-state index in [9.17, 15) is 14.4 Å². The third kappa shape index (κ3) is 5.20. The van der Waals surface area contributed by atoms with Gasteiger partial charge in [-0.05, 0) is 32.9 Å². The molecule has 0 heterocycles. The van der Waals surface area contributed by atoms with Gasteiger partial charge in [0.2, 0.25) is 0 Å². The van der Waals surface area contributed by atoms with Crippen molar-refractivity contribution in [1.82, 2.24) is 4.90 Å². The molecule has 1 rings (SSSR count). The highest BCUT2D eigenvalue weighted by atomic mass is 16.5. The molecule has 6 nitrogen and oxygen atoms in total. The molecule has 22 heavy (non-hydrogen) atoms. The molecule has 1 N–H and O–H groups in total. The molecule has 0 saturated heterocycles. The van der Waals surface area contributed by atoms with Gasteiger partial charge in [-0.3, -0.25) is 14.4 Å². The first kappa shape index (κ1) is 17.7. The number of rotatable bonds is 8. The van der Waals surface area contributed by atoms with E-state index in [0.29, 0.717) is 17.9 Å². The smallest absolute Gasteiger partial charge is 0.305 e. The van der Waals surface area contributed by atoms with Crippen molar-refractivity contribution in [3.63, 3.8) is 0 Å². The SMILES string of the molecule is CCN(CCC(=O)O)C(=O)C(C)Oc1cccc(C(C)=O)c1. The Kier molecular flexibility index (Phi) is 6.56. The third-order valence-electron chi connectivity index (χ3n) is 3.19. The predicted octanol–water partition coefficient (Wildman–Crippen LogP) is 1.98. The predicted molar refractivity (Wildman–Crippen MR) is 81.0 cm³/mol. The van der Waals surface area contributed by atoms with E-state index >= 15 is 0 Å². The maximum atomic E-state index is 12.3. The number of carboxylic acids is 1. The van der Waals surface area contributed by atoms with E-state index in [4.69, 9.17) is 9.84 Å². The zero-order valence-electron chi connectivity index (χ0n) is 13.0. The second-order valence-corrected chi connectivity index (χ2v) is 4.91. The van der Waals surface area contributed by atoms with Gasteiger partial charge >= 0.3 is 5.97 Å². The fraction of sp³-hybridized carbons (Fsp3) is 0.438. The molecule has 0 bridgehead atoms. The molecule has 0 aliphatic rings. The van der Waals surface area contributed by atoms with Crippen LogP contribution < -0.4 is 4.74 Å². The van der Waals surface area contributed by atoms with Gasteiger partial charge in [-0.1, -0.05) is 12.1 Å². The maximum Gasteiger partial charge on any atom is 0.305 e. The molecule has 1 unspecified atom stereocenters. The Morgan fingerprint density at radius 1 is 1.32 bits per heavy atom. The molecule has 0 aliphatic carbocycles. The minimum Gasteiger partial charge on any atom is -0.481 e. The number of hydrogen-bond acceptors (Lipinski definition) is 4. The lowest BCUT2D eigenvalue weighted by Crippen LogP contribution is -2.41. The van der Waals surface area contributed by atoms with Gasteiger partial charge in [0.1, 0.15) is 5.75 Å². The van der Waals surface area contributed by atoms with E-state index in [0.717, 1.165) is 0 Å². The molecule has 6 heteroatoms. The van der Waals surface area contributed by atoms with Gasteiger partial charge in [0.15, 0.2) is 11.9 Å². The Hall–Kier alpha value is -2.37. The fourth-order valence-electron chi connectivity index (χ4n) is 1.95. The minimum atomic E-state index is -0.950. The number of nitrogens with zero attached hydrogens (tertiary/aromatic N) is 1. The Bertz CT molecular complexity index is 555. The zero-order chi connectivity index (χ0) is 16.7. The van der Waals surface area contributed by atoms with Gasteiger partial charge in [-0.2, -0.15) is 0 Å². The zero-order valence-corrected chi connectivity index (χ0v) is 13.0. The number of carbonyl (C=O) groups excluding carboxylic acids is 2. The Balaban J connectivity index is 2.71. The highest BCUT2D eigenvalue weighted by molar-refractivity contribution is 5.94. The van der Waals surface area contributed by atoms with Gasteiger partial charge in [0.25, 0.3) is 5.91 Å². The van der Waals surface area contributed by atoms with Crippen LogP contribution in [0.25, 0.3) is 0 Å². The maximum absolute atomic E-state index is 12.3. The molecule has 0 saturated carbocycles. The molecule has 0 fully saturated rings. The van der Waals surface area contributed by atoms with Crippen LogP contribution in [0.3, 0.4) is 0 Å². The van der Waals surface area contributed by atoms with Gasteiger partial charge in [0, 0.05) is 18.7 Å². The first-order chi connectivity index (χ1) is 10.3. The second-order valence-electron chi connectivity index (χ2n) is 4.91. The molecule has 1 aromatic carbocycles. The number of Topliss-reactive ketones (excluding diaryl/α,β-unsaturated/α-hetero) is 1. The van der Waals surface area contributed by atoms with E-state index in [1.807, 2.05) is 0 Å². The number of ketones is 1. The van der Waals surface area contributed by atoms with Crippen molar-refractivity contribution in [1.29, 1.82) is 0 Å². The molecule has 0 aliphatic heterocycles. The summed E-state index contributed by atoms with van der Waals surface area (Å²) in [6.45, 7) is 5.40. The molecule has 0 radical (unpaired) electrons. The summed E-state index contributed by atoms with van der Waals surface area (Å²) in [5, 5.41) is 8.69. The van der Waals surface area contributed by atoms with Gasteiger partial charge in [-0.25, -0.2) is 0 Å². The molecular formula is C16H21NO5. The first-order valence-corrected chi connectivity index (χ1v) is 7.13. The topological polar surface area (TPSA) is 83.9 Å². The highest BCUT2D eigenvalue weighted by Gasteiger charge is 2.21. The standard InChI is InChI=1S/C16H21NO5/c1-4-17(9-8-15(19)20)16(21)12(3)22-14-7-5-6-13(10-14)11(2)18/h5-7,10,12H,4,8-9H2,1-3H3,(H,19,20). The van der Waals surface area contributed by atoms with Gasteiger partial charge < -0.3 is 14.7 Å². The normalized spacial score (nSPS) is 11.6. The van der Waals surface area contributed by atoms with Gasteiger partial charge in [0.05, 0.1) is 6.42 Å². The number of benzene rings is 1. The van der Waals surface area contributed by atoms with Crippen molar-refractivity contribution in [3.05, 3.63) is 29.8 Å². The van der Waals surface area contributed by atoms with E-state index in [1.54, 1.807) is 38.1 Å². The average Bonchev–Trinajstić information content (AvgIpc) is 2.47. The van der Waals surface area contributed by atoms with Crippen molar-refractivity contribution >= 4 is 17.7 Å². The molecular weight excluding hydrogens is 286 g/mol. The van der Waals surface area contributed by atoms with Crippen LogP contribution in [0.15, 0.2) is 24.3 Å². The van der Waals surface area contributed by atoms with Crippen LogP contribution in [0, 0.1) is 0 Å². The van der Waals surface area contributed by atoms with Crippen LogP contribution in [-0.2, 0) is 9.59 Å². The van der Waals surface area contributed by atoms with E-state index < -0.39 is 12.1 Å². The monoisotopic (exact) mass is 307 g/mol. The van der Waals surface area contributed by atoms with E-state index in [2.05, 4.69) is 0 Å². The summed E-state index contributed by atoms with van der Waals surface area (Å²) >= 11 is 0. The molecule has 0 aromatic heterocycles. The summed E-state index contributed by atoms with van der Waals surface area (Å²) in [6, 6.07) is 6.61. The summed E-state index contributed by atoms with van der Waals surface area (Å²) in [4.78, 5) is 35.6. The molecule has 1 amide bonds. The average molecular weight is 307 g/mol. The summed E-state index contributed by atoms with van der Waals surface area (Å²) in [6.07, 6.45) is -0.859. The minimum absolute atomic E-state index is 0.0823. The second kappa shape index (κ2) is 8.17. The van der Waals surface area contributed by atoms with Crippen LogP contribution in [0.5, 0.6) is 5.75 Å². The number of carbonyl (C=O) groups is 3. The van der Waals surface area contributed by atoms with Crippen LogP contribution in [-0.4, -0.2) is 46.9 Å². The van der Waals surface area contributed by atoms with Crippen molar-refractivity contribution in [2.24, 2.45) is 0 Å². The lowest BCUT2D eigenvalue weighted by molar-refractivity contribution is -0.140. The van der Waals surface area contributed by atoms with Gasteiger partial charge in [-0.15, -0.1) is 0 Å². The largest absolute Gasteiger partial charge is 0.481 e. The lowest BCUT2D eigenvalue weighted by atomic mass is 10.1. The van der Waals surface area contributed by atoms with Crippen molar-refractivity contribution < 1.29 is 24.2 Å². The molecule has 1 atom stereocenters. The van der Waals surface area contributed by atoms with E-state index in [-0.39, 0.29) is 24.7 Å². The third-order valence-corrected chi connectivity index (χ3v) is 3.19. The van der Waals surface area contributed by atoms with Crippen molar-refractivity contribution in [2.45, 2.75) is 33.3 Å². The number of carboxylic acid groups (broad SMARTS) is 1. The summed E-state index contributed by atoms with van der Waals surface area (Å²) in [7, 11) is 0. The quantitative estimate of drug-likeness (QED) is 0.742. The molecule has 1 aromatic rings. The fourth-order valence-corrected chi connectivity index (χ4v) is 1.95. The van der Waals surface area contributed by atoms with Crippen molar-refractivity contribution in [3.8, 4) is 5.75 Å². The summed E-state index contributed by atoms with van der Waals surface area (Å²) in [5.41, 5.74) is 0.510. The Labute approximate surface area is 129 Å². The number of likely N-dealkylation sites (N-methyl/N-ethyl adjacent to an activating group) is 1. The number of hydrogen-bond donors (Lipinski definition) is 1. The number of aliphatic carboxylic acids is 1. The van der Waals surface area contributed by atoms with Crippen LogP contribution in [0.1, 0.15) is 37.6 Å². The lowest BCUT2D eigenvalue weighted by Gasteiger charge is -2.24. The molecule has 120 valence electrons.